The minimum absolute atomic E-state index is 0.169. The third kappa shape index (κ3) is 4.09. The van der Waals surface area contributed by atoms with E-state index in [0.717, 1.165) is 32.0 Å². The molecule has 1 atom stereocenters. The van der Waals surface area contributed by atoms with Gasteiger partial charge in [-0.05, 0) is 57.8 Å². The molecule has 2 fully saturated rings. The summed E-state index contributed by atoms with van der Waals surface area (Å²) >= 11 is 0. The lowest BCUT2D eigenvalue weighted by Crippen LogP contribution is -2.42. The second-order valence-electron chi connectivity index (χ2n) is 6.28. The van der Waals surface area contributed by atoms with E-state index in [1.165, 1.54) is 45.2 Å². The molecule has 0 radical (unpaired) electrons. The summed E-state index contributed by atoms with van der Waals surface area (Å²) in [6, 6.07) is 0. The summed E-state index contributed by atoms with van der Waals surface area (Å²) in [7, 11) is 0. The Morgan fingerprint density at radius 2 is 1.95 bits per heavy atom. The fourth-order valence-electron chi connectivity index (χ4n) is 3.38. The molecular weight excluding hydrogens is 254 g/mol. The standard InChI is InChI=1S/C15H27N3O2/c1-2-8-18(9-3-1)11-14-12-19-17-15(20-14)10-13-4-6-16-7-5-13/h13-14,16H,1-12H2/t14-/m1/s1. The van der Waals surface area contributed by atoms with Gasteiger partial charge in [0.05, 0.1) is 0 Å². The third-order valence-corrected chi connectivity index (χ3v) is 4.56. The first-order chi connectivity index (χ1) is 9.90. The number of likely N-dealkylation sites (tertiary alicyclic amines) is 1. The smallest absolute Gasteiger partial charge is 0.226 e. The van der Waals surface area contributed by atoms with Crippen molar-refractivity contribution in [1.82, 2.24) is 10.2 Å². The minimum atomic E-state index is 0.169. The quantitative estimate of drug-likeness (QED) is 0.850. The number of hydrogen-bond donors (Lipinski definition) is 1. The fraction of sp³-hybridized carbons (Fsp3) is 0.933. The number of nitrogens with one attached hydrogen (secondary N) is 1. The van der Waals surface area contributed by atoms with E-state index in [1.54, 1.807) is 0 Å². The first-order valence-electron chi connectivity index (χ1n) is 8.19. The summed E-state index contributed by atoms with van der Waals surface area (Å²) < 4.78 is 6.05. The van der Waals surface area contributed by atoms with E-state index in [-0.39, 0.29) is 6.10 Å². The highest BCUT2D eigenvalue weighted by Crippen LogP contribution is 2.20. The molecule has 5 heteroatoms. The molecule has 0 bridgehead atoms. The van der Waals surface area contributed by atoms with Crippen LogP contribution in [0.1, 0.15) is 38.5 Å². The molecular formula is C15H27N3O2. The van der Waals surface area contributed by atoms with E-state index in [0.29, 0.717) is 12.5 Å². The normalized spacial score (nSPS) is 29.4. The molecule has 114 valence electrons. The van der Waals surface area contributed by atoms with Crippen LogP contribution in [0.2, 0.25) is 0 Å². The SMILES string of the molecule is C1CCN(C[C@@H]2CON=C(CC3CCNCC3)O2)CC1. The molecule has 2 saturated heterocycles. The molecule has 0 aromatic carbocycles. The Bertz CT molecular complexity index is 323. The van der Waals surface area contributed by atoms with E-state index in [2.05, 4.69) is 15.4 Å². The zero-order valence-electron chi connectivity index (χ0n) is 12.4. The fourth-order valence-corrected chi connectivity index (χ4v) is 3.38. The highest BCUT2D eigenvalue weighted by Gasteiger charge is 2.25. The van der Waals surface area contributed by atoms with Crippen LogP contribution in [0.25, 0.3) is 0 Å². The molecule has 5 nitrogen and oxygen atoms in total. The molecule has 3 rings (SSSR count). The van der Waals surface area contributed by atoms with E-state index in [9.17, 15) is 0 Å². The van der Waals surface area contributed by atoms with Crippen molar-refractivity contribution in [1.29, 1.82) is 0 Å². The van der Waals surface area contributed by atoms with E-state index >= 15 is 0 Å². The summed E-state index contributed by atoms with van der Waals surface area (Å²) in [5.41, 5.74) is 0. The molecule has 0 spiro atoms. The summed E-state index contributed by atoms with van der Waals surface area (Å²) in [4.78, 5) is 7.90. The Balaban J connectivity index is 1.44. The average Bonchev–Trinajstić information content (AvgIpc) is 2.50. The monoisotopic (exact) mass is 281 g/mol. The minimum Gasteiger partial charge on any atom is -0.470 e. The molecule has 20 heavy (non-hydrogen) atoms. The summed E-state index contributed by atoms with van der Waals surface area (Å²) in [5.74, 6) is 1.53. The van der Waals surface area contributed by atoms with Gasteiger partial charge in [-0.15, -0.1) is 0 Å². The Hall–Kier alpha value is -0.810. The van der Waals surface area contributed by atoms with Crippen LogP contribution in [-0.4, -0.2) is 56.2 Å². The van der Waals surface area contributed by atoms with Crippen molar-refractivity contribution in [2.45, 2.75) is 44.6 Å². The maximum atomic E-state index is 6.05. The number of ether oxygens (including phenoxy) is 1. The molecule has 0 amide bonds. The number of hydrogen-bond acceptors (Lipinski definition) is 5. The molecule has 3 heterocycles. The largest absolute Gasteiger partial charge is 0.470 e. The zero-order chi connectivity index (χ0) is 13.6. The van der Waals surface area contributed by atoms with E-state index in [4.69, 9.17) is 9.57 Å². The average molecular weight is 281 g/mol. The maximum absolute atomic E-state index is 6.05. The van der Waals surface area contributed by atoms with E-state index < -0.39 is 0 Å². The predicted octanol–water partition coefficient (Wildman–Crippen LogP) is 1.59. The predicted molar refractivity (Wildman–Crippen MR) is 78.8 cm³/mol. The Morgan fingerprint density at radius 3 is 2.75 bits per heavy atom. The highest BCUT2D eigenvalue weighted by atomic mass is 16.7. The van der Waals surface area contributed by atoms with Gasteiger partial charge in [-0.1, -0.05) is 11.6 Å². The molecule has 0 unspecified atom stereocenters. The van der Waals surface area contributed by atoms with Gasteiger partial charge in [0.1, 0.15) is 6.10 Å². The van der Waals surface area contributed by atoms with Crippen LogP contribution in [0.5, 0.6) is 0 Å². The van der Waals surface area contributed by atoms with Crippen LogP contribution in [0.4, 0.5) is 0 Å². The number of piperidine rings is 2. The zero-order valence-corrected chi connectivity index (χ0v) is 12.4. The van der Waals surface area contributed by atoms with Crippen LogP contribution in [0, 0.1) is 5.92 Å². The second kappa shape index (κ2) is 7.27. The molecule has 0 saturated carbocycles. The van der Waals surface area contributed by atoms with Crippen LogP contribution >= 0.6 is 0 Å². The molecule has 1 N–H and O–H groups in total. The summed E-state index contributed by atoms with van der Waals surface area (Å²) in [5, 5.41) is 7.52. The van der Waals surface area contributed by atoms with Gasteiger partial charge in [0, 0.05) is 13.0 Å². The van der Waals surface area contributed by atoms with Crippen molar-refractivity contribution in [2.24, 2.45) is 11.1 Å². The second-order valence-corrected chi connectivity index (χ2v) is 6.28. The van der Waals surface area contributed by atoms with Crippen molar-refractivity contribution < 1.29 is 9.57 Å². The van der Waals surface area contributed by atoms with Crippen molar-refractivity contribution in [3.8, 4) is 0 Å². The van der Waals surface area contributed by atoms with Crippen LogP contribution in [0.15, 0.2) is 5.16 Å². The lowest BCUT2D eigenvalue weighted by molar-refractivity contribution is -0.0129. The Kier molecular flexibility index (Phi) is 5.14. The Morgan fingerprint density at radius 1 is 1.15 bits per heavy atom. The van der Waals surface area contributed by atoms with Gasteiger partial charge in [-0.25, -0.2) is 0 Å². The van der Waals surface area contributed by atoms with Crippen molar-refractivity contribution in [2.75, 3.05) is 39.3 Å². The topological polar surface area (TPSA) is 46.1 Å². The number of nitrogens with zero attached hydrogens (tertiary/aromatic N) is 2. The van der Waals surface area contributed by atoms with Gasteiger partial charge < -0.3 is 14.9 Å². The van der Waals surface area contributed by atoms with Gasteiger partial charge in [0.2, 0.25) is 5.90 Å². The summed E-state index contributed by atoms with van der Waals surface area (Å²) in [6.45, 7) is 6.25. The van der Waals surface area contributed by atoms with Crippen LogP contribution in [-0.2, 0) is 9.57 Å². The first kappa shape index (κ1) is 14.1. The molecule has 0 aliphatic carbocycles. The first-order valence-corrected chi connectivity index (χ1v) is 8.19. The molecule has 3 aliphatic rings. The number of oxime groups is 1. The van der Waals surface area contributed by atoms with Crippen LogP contribution in [0.3, 0.4) is 0 Å². The van der Waals surface area contributed by atoms with Crippen molar-refractivity contribution >= 4 is 5.90 Å². The lowest BCUT2D eigenvalue weighted by atomic mass is 9.94. The third-order valence-electron chi connectivity index (χ3n) is 4.56. The van der Waals surface area contributed by atoms with Gasteiger partial charge >= 0.3 is 0 Å². The van der Waals surface area contributed by atoms with Gasteiger partial charge in [0.15, 0.2) is 6.61 Å². The summed E-state index contributed by atoms with van der Waals surface area (Å²) in [6.07, 6.45) is 7.58. The maximum Gasteiger partial charge on any atom is 0.226 e. The van der Waals surface area contributed by atoms with Gasteiger partial charge in [-0.3, -0.25) is 4.90 Å². The van der Waals surface area contributed by atoms with Crippen LogP contribution < -0.4 is 5.32 Å². The lowest BCUT2D eigenvalue weighted by Gasteiger charge is -2.32. The van der Waals surface area contributed by atoms with Crippen molar-refractivity contribution in [3.05, 3.63) is 0 Å². The highest BCUT2D eigenvalue weighted by molar-refractivity contribution is 5.76. The molecule has 3 aliphatic heterocycles. The van der Waals surface area contributed by atoms with Crippen molar-refractivity contribution in [3.63, 3.8) is 0 Å². The molecule has 0 aromatic heterocycles. The Labute approximate surface area is 121 Å². The number of rotatable bonds is 4. The van der Waals surface area contributed by atoms with E-state index in [1.807, 2.05) is 0 Å². The van der Waals surface area contributed by atoms with Gasteiger partial charge in [0.25, 0.3) is 0 Å². The van der Waals surface area contributed by atoms with Gasteiger partial charge in [-0.2, -0.15) is 0 Å². The molecule has 0 aromatic rings.